The summed E-state index contributed by atoms with van der Waals surface area (Å²) in [5, 5.41) is 4.06. The molecule has 0 amide bonds. The van der Waals surface area contributed by atoms with Crippen LogP contribution < -0.4 is 4.90 Å². The monoisotopic (exact) mass is 495 g/mol. The molecule has 2 unspecified atom stereocenters. The smallest absolute Gasteiger partial charge is 0.339 e. The van der Waals surface area contributed by atoms with Crippen molar-refractivity contribution in [3.05, 3.63) is 65.1 Å². The van der Waals surface area contributed by atoms with Crippen molar-refractivity contribution in [2.75, 3.05) is 25.1 Å². The van der Waals surface area contributed by atoms with Crippen LogP contribution in [0.2, 0.25) is 0 Å². The molecule has 3 atom stereocenters. The summed E-state index contributed by atoms with van der Waals surface area (Å²) in [6.45, 7) is 1.98. The summed E-state index contributed by atoms with van der Waals surface area (Å²) in [6, 6.07) is 7.40. The average molecular weight is 496 g/mol. The summed E-state index contributed by atoms with van der Waals surface area (Å²) in [5.41, 5.74) is 1.15. The molecule has 0 N–H and O–H groups in total. The maximum atomic E-state index is 14.5. The molecule has 1 saturated heterocycles. The van der Waals surface area contributed by atoms with Gasteiger partial charge in [-0.2, -0.15) is 0 Å². The molecule has 188 valence electrons. The number of rotatable bonds is 7. The molecule has 1 aromatic carbocycles. The van der Waals surface area contributed by atoms with Gasteiger partial charge in [-0.05, 0) is 61.8 Å². The van der Waals surface area contributed by atoms with Crippen molar-refractivity contribution in [3.63, 3.8) is 0 Å². The SMILES string of the molecule is COC(=O)c1ccc(N2CC3CC(OCc4c(-c5c(F)cccc5F)noc4C4CC4)C[C@@H]3C2)nc1. The lowest BCUT2D eigenvalue weighted by molar-refractivity contribution is 0.0402. The van der Waals surface area contributed by atoms with Gasteiger partial charge in [-0.15, -0.1) is 0 Å². The van der Waals surface area contributed by atoms with Crippen LogP contribution in [0.3, 0.4) is 0 Å². The first kappa shape index (κ1) is 23.1. The fourth-order valence-electron chi connectivity index (χ4n) is 5.63. The second-order valence-corrected chi connectivity index (χ2v) is 9.97. The Morgan fingerprint density at radius 3 is 2.44 bits per heavy atom. The first-order chi connectivity index (χ1) is 17.5. The minimum atomic E-state index is -0.657. The number of methoxy groups -OCH3 is 1. The standard InChI is InChI=1S/C27H27F2N3O4/c1-34-27(33)16-7-8-23(30-11-16)32-12-17-9-19(10-18(17)13-32)35-14-20-25(31-36-26(20)15-5-6-15)24-21(28)3-2-4-22(24)29/h2-4,7-8,11,15,17-19H,5-6,9-10,12-14H2,1H3/t17-,18?,19?/m1/s1. The van der Waals surface area contributed by atoms with Crippen LogP contribution in [-0.2, 0) is 16.1 Å². The van der Waals surface area contributed by atoms with E-state index < -0.39 is 17.6 Å². The zero-order valence-electron chi connectivity index (χ0n) is 20.0. The molecule has 36 heavy (non-hydrogen) atoms. The number of pyridine rings is 1. The Hall–Kier alpha value is -3.33. The van der Waals surface area contributed by atoms with Gasteiger partial charge < -0.3 is 18.9 Å². The number of anilines is 1. The molecule has 0 bridgehead atoms. The minimum Gasteiger partial charge on any atom is -0.465 e. The molecular weight excluding hydrogens is 468 g/mol. The van der Waals surface area contributed by atoms with Gasteiger partial charge in [0.15, 0.2) is 0 Å². The lowest BCUT2D eigenvalue weighted by Gasteiger charge is -2.20. The number of carbonyl (C=O) groups excluding carboxylic acids is 1. The Kier molecular flexibility index (Phi) is 5.95. The van der Waals surface area contributed by atoms with Gasteiger partial charge in [0.2, 0.25) is 0 Å². The number of benzene rings is 1. The largest absolute Gasteiger partial charge is 0.465 e. The number of fused-ring (bicyclic) bond motifs is 1. The molecule has 7 nitrogen and oxygen atoms in total. The van der Waals surface area contributed by atoms with Crippen molar-refractivity contribution in [2.24, 2.45) is 11.8 Å². The van der Waals surface area contributed by atoms with Crippen molar-refractivity contribution < 1.29 is 27.6 Å². The molecule has 3 heterocycles. The number of nitrogens with zero attached hydrogens (tertiary/aromatic N) is 3. The summed E-state index contributed by atoms with van der Waals surface area (Å²) in [4.78, 5) is 18.3. The quantitative estimate of drug-likeness (QED) is 0.422. The van der Waals surface area contributed by atoms with Crippen LogP contribution in [0.15, 0.2) is 41.1 Å². The van der Waals surface area contributed by atoms with Gasteiger partial charge in [-0.25, -0.2) is 18.6 Å². The number of hydrogen-bond donors (Lipinski definition) is 0. The van der Waals surface area contributed by atoms with E-state index in [0.717, 1.165) is 44.6 Å². The molecule has 2 aliphatic carbocycles. The average Bonchev–Trinajstić information content (AvgIpc) is 3.35. The molecule has 2 aromatic heterocycles. The Morgan fingerprint density at radius 2 is 1.83 bits per heavy atom. The molecule has 6 rings (SSSR count). The van der Waals surface area contributed by atoms with Crippen LogP contribution in [-0.4, -0.2) is 42.4 Å². The fourth-order valence-corrected chi connectivity index (χ4v) is 5.63. The second-order valence-electron chi connectivity index (χ2n) is 9.97. The van der Waals surface area contributed by atoms with Crippen molar-refractivity contribution in [3.8, 4) is 11.3 Å². The van der Waals surface area contributed by atoms with Crippen molar-refractivity contribution in [1.29, 1.82) is 0 Å². The predicted molar refractivity (Wildman–Crippen MR) is 126 cm³/mol. The number of carbonyl (C=O) groups is 1. The van der Waals surface area contributed by atoms with E-state index in [4.69, 9.17) is 14.0 Å². The van der Waals surface area contributed by atoms with Gasteiger partial charge >= 0.3 is 5.97 Å². The highest BCUT2D eigenvalue weighted by molar-refractivity contribution is 5.89. The highest BCUT2D eigenvalue weighted by Gasteiger charge is 2.42. The molecule has 0 spiro atoms. The summed E-state index contributed by atoms with van der Waals surface area (Å²) < 4.78 is 45.6. The van der Waals surface area contributed by atoms with Crippen molar-refractivity contribution in [1.82, 2.24) is 10.1 Å². The maximum Gasteiger partial charge on any atom is 0.339 e. The van der Waals surface area contributed by atoms with Crippen LogP contribution in [0.1, 0.15) is 53.3 Å². The van der Waals surface area contributed by atoms with Crippen molar-refractivity contribution >= 4 is 11.8 Å². The van der Waals surface area contributed by atoms with Gasteiger partial charge in [0.25, 0.3) is 0 Å². The number of halogens is 2. The lowest BCUT2D eigenvalue weighted by atomic mass is 10.0. The van der Waals surface area contributed by atoms with E-state index in [1.807, 2.05) is 6.07 Å². The van der Waals surface area contributed by atoms with Crippen LogP contribution in [0.25, 0.3) is 11.3 Å². The van der Waals surface area contributed by atoms with E-state index in [9.17, 15) is 13.6 Å². The third-order valence-electron chi connectivity index (χ3n) is 7.63. The maximum absolute atomic E-state index is 14.5. The molecule has 3 aliphatic rings. The first-order valence-electron chi connectivity index (χ1n) is 12.4. The summed E-state index contributed by atoms with van der Waals surface area (Å²) in [7, 11) is 1.35. The van der Waals surface area contributed by atoms with E-state index in [-0.39, 0.29) is 29.9 Å². The highest BCUT2D eigenvalue weighted by Crippen LogP contribution is 2.46. The molecule has 3 fully saturated rings. The second kappa shape index (κ2) is 9.28. The van der Waals surface area contributed by atoms with Gasteiger partial charge in [0.1, 0.15) is 28.9 Å². The van der Waals surface area contributed by atoms with Crippen molar-refractivity contribution in [2.45, 2.75) is 44.3 Å². The van der Waals surface area contributed by atoms with Crippen LogP contribution in [0, 0.1) is 23.5 Å². The van der Waals surface area contributed by atoms with Crippen LogP contribution in [0.5, 0.6) is 0 Å². The highest BCUT2D eigenvalue weighted by atomic mass is 19.1. The molecule has 1 aliphatic heterocycles. The molecule has 9 heteroatoms. The van der Waals surface area contributed by atoms with Gasteiger partial charge in [-0.3, -0.25) is 0 Å². The van der Waals surface area contributed by atoms with E-state index in [1.54, 1.807) is 12.3 Å². The molecule has 2 saturated carbocycles. The number of ether oxygens (including phenoxy) is 2. The van der Waals surface area contributed by atoms with E-state index >= 15 is 0 Å². The lowest BCUT2D eigenvalue weighted by Crippen LogP contribution is -2.24. The summed E-state index contributed by atoms with van der Waals surface area (Å²) >= 11 is 0. The topological polar surface area (TPSA) is 77.7 Å². The predicted octanol–water partition coefficient (Wildman–Crippen LogP) is 5.11. The third-order valence-corrected chi connectivity index (χ3v) is 7.63. The normalized spacial score (nSPS) is 23.2. The van der Waals surface area contributed by atoms with E-state index in [0.29, 0.717) is 28.7 Å². The van der Waals surface area contributed by atoms with E-state index in [2.05, 4.69) is 15.0 Å². The Morgan fingerprint density at radius 1 is 1.11 bits per heavy atom. The van der Waals surface area contributed by atoms with Crippen LogP contribution in [0.4, 0.5) is 14.6 Å². The van der Waals surface area contributed by atoms with Crippen LogP contribution >= 0.6 is 0 Å². The number of aromatic nitrogens is 2. The fraction of sp³-hybridized carbons (Fsp3) is 0.444. The summed E-state index contributed by atoms with van der Waals surface area (Å²) in [5.74, 6) is 1.03. The molecular formula is C27H27F2N3O4. The van der Waals surface area contributed by atoms with Gasteiger partial charge in [0, 0.05) is 30.8 Å². The molecule has 0 radical (unpaired) electrons. The van der Waals surface area contributed by atoms with Gasteiger partial charge in [-0.1, -0.05) is 11.2 Å². The van der Waals surface area contributed by atoms with E-state index in [1.165, 1.54) is 25.3 Å². The third kappa shape index (κ3) is 4.25. The van der Waals surface area contributed by atoms with Gasteiger partial charge in [0.05, 0.1) is 30.9 Å². The number of esters is 1. The zero-order valence-corrected chi connectivity index (χ0v) is 20.0. The minimum absolute atomic E-state index is 0.0667. The Balaban J connectivity index is 1.11. The Bertz CT molecular complexity index is 1240. The summed E-state index contributed by atoms with van der Waals surface area (Å²) in [6.07, 6.45) is 5.41. The molecule has 3 aromatic rings. The number of hydrogen-bond acceptors (Lipinski definition) is 7. The first-order valence-corrected chi connectivity index (χ1v) is 12.4. The Labute approximate surface area is 207 Å². The zero-order chi connectivity index (χ0) is 24.8.